The van der Waals surface area contributed by atoms with Gasteiger partial charge in [0.1, 0.15) is 0 Å². The number of nitrogens with zero attached hydrogens (tertiary/aromatic N) is 3. The van der Waals surface area contributed by atoms with Crippen molar-refractivity contribution in [3.05, 3.63) is 57.9 Å². The molecule has 1 atom stereocenters. The first-order chi connectivity index (χ1) is 14.8. The Morgan fingerprint density at radius 1 is 1.16 bits per heavy atom. The Hall–Kier alpha value is -3.49. The lowest BCUT2D eigenvalue weighted by molar-refractivity contribution is -0.387. The van der Waals surface area contributed by atoms with Crippen molar-refractivity contribution >= 4 is 34.6 Å². The number of anilines is 3. The highest BCUT2D eigenvalue weighted by Gasteiger charge is 2.36. The summed E-state index contributed by atoms with van der Waals surface area (Å²) in [6.07, 6.45) is 2.35. The molecule has 31 heavy (non-hydrogen) atoms. The summed E-state index contributed by atoms with van der Waals surface area (Å²) in [6, 6.07) is 9.19. The fourth-order valence-corrected chi connectivity index (χ4v) is 4.14. The minimum Gasteiger partial charge on any atom is -0.372 e. The average Bonchev–Trinajstić information content (AvgIpc) is 3.40. The fourth-order valence-electron chi connectivity index (χ4n) is 4.14. The van der Waals surface area contributed by atoms with Gasteiger partial charge in [-0.25, -0.2) is 0 Å². The molecule has 2 aliphatic heterocycles. The summed E-state index contributed by atoms with van der Waals surface area (Å²) < 4.78 is 13.6. The van der Waals surface area contributed by atoms with Gasteiger partial charge in [0, 0.05) is 43.5 Å². The van der Waals surface area contributed by atoms with Crippen molar-refractivity contribution in [2.75, 3.05) is 34.8 Å². The van der Waals surface area contributed by atoms with Gasteiger partial charge in [-0.05, 0) is 55.7 Å². The third-order valence-electron chi connectivity index (χ3n) is 5.87. The molecular weight excluding hydrogens is 403 g/mol. The maximum absolute atomic E-state index is 13.6. The first-order valence-corrected chi connectivity index (χ1v) is 10.2. The Balaban J connectivity index is 1.45. The molecule has 1 unspecified atom stereocenters. The molecule has 0 bridgehead atoms. The zero-order valence-electron chi connectivity index (χ0n) is 17.1. The van der Waals surface area contributed by atoms with E-state index in [9.17, 15) is 24.1 Å². The van der Waals surface area contributed by atoms with Gasteiger partial charge in [-0.15, -0.1) is 0 Å². The van der Waals surface area contributed by atoms with Gasteiger partial charge in [0.2, 0.25) is 17.6 Å². The van der Waals surface area contributed by atoms with Crippen molar-refractivity contribution in [3.63, 3.8) is 0 Å². The van der Waals surface area contributed by atoms with Crippen LogP contribution in [0.15, 0.2) is 36.4 Å². The second kappa shape index (κ2) is 8.33. The van der Waals surface area contributed by atoms with Crippen LogP contribution in [0.4, 0.5) is 27.1 Å². The number of halogens is 1. The first kappa shape index (κ1) is 20.8. The predicted molar refractivity (Wildman–Crippen MR) is 115 cm³/mol. The van der Waals surface area contributed by atoms with Gasteiger partial charge in [-0.2, -0.15) is 4.39 Å². The normalized spacial score (nSPS) is 18.5. The van der Waals surface area contributed by atoms with E-state index in [0.29, 0.717) is 5.69 Å². The molecular formula is C22H23FN4O4. The molecule has 1 N–H and O–H groups in total. The topological polar surface area (TPSA) is 95.8 Å². The Kier molecular flexibility index (Phi) is 5.58. The predicted octanol–water partition coefficient (Wildman–Crippen LogP) is 3.63. The van der Waals surface area contributed by atoms with E-state index >= 15 is 0 Å². The highest BCUT2D eigenvalue weighted by molar-refractivity contribution is 6.03. The molecule has 2 aliphatic rings. The Morgan fingerprint density at radius 3 is 2.55 bits per heavy atom. The molecule has 0 spiro atoms. The lowest BCUT2D eigenvalue weighted by Gasteiger charge is -2.20. The number of carbonyl (C=O) groups is 2. The maximum Gasteiger partial charge on any atom is 0.306 e. The second-order valence-corrected chi connectivity index (χ2v) is 7.98. The smallest absolute Gasteiger partial charge is 0.306 e. The number of rotatable bonds is 5. The molecule has 0 aliphatic carbocycles. The number of carbonyl (C=O) groups excluding carboxylic acids is 2. The van der Waals surface area contributed by atoms with Gasteiger partial charge in [-0.3, -0.25) is 19.7 Å². The minimum absolute atomic E-state index is 0.0120. The molecule has 0 radical (unpaired) electrons. The number of nitro benzene ring substituents is 1. The van der Waals surface area contributed by atoms with Gasteiger partial charge < -0.3 is 15.1 Å². The largest absolute Gasteiger partial charge is 0.372 e. The molecule has 2 amide bonds. The minimum atomic E-state index is -0.970. The quantitative estimate of drug-likeness (QED) is 0.582. The molecule has 2 aromatic carbocycles. The summed E-state index contributed by atoms with van der Waals surface area (Å²) in [5.74, 6) is -2.19. The van der Waals surface area contributed by atoms with Crippen molar-refractivity contribution in [2.24, 2.45) is 5.92 Å². The van der Waals surface area contributed by atoms with Gasteiger partial charge in [-0.1, -0.05) is 0 Å². The van der Waals surface area contributed by atoms with E-state index in [-0.39, 0.29) is 30.5 Å². The molecule has 2 fully saturated rings. The third kappa shape index (κ3) is 4.21. The van der Waals surface area contributed by atoms with E-state index in [1.165, 1.54) is 23.8 Å². The lowest BCUT2D eigenvalue weighted by atomic mass is 10.1. The molecule has 162 valence electrons. The molecule has 0 aromatic heterocycles. The van der Waals surface area contributed by atoms with Crippen LogP contribution in [-0.2, 0) is 9.59 Å². The van der Waals surface area contributed by atoms with Gasteiger partial charge in [0.05, 0.1) is 16.5 Å². The van der Waals surface area contributed by atoms with Gasteiger partial charge in [0.25, 0.3) is 0 Å². The third-order valence-corrected chi connectivity index (χ3v) is 5.87. The van der Waals surface area contributed by atoms with Crippen LogP contribution < -0.4 is 15.1 Å². The molecule has 2 saturated heterocycles. The first-order valence-electron chi connectivity index (χ1n) is 10.2. The van der Waals surface area contributed by atoms with E-state index < -0.39 is 22.3 Å². The number of hydrogen-bond donors (Lipinski definition) is 1. The number of benzene rings is 2. The van der Waals surface area contributed by atoms with E-state index in [1.807, 2.05) is 25.1 Å². The average molecular weight is 426 g/mol. The molecule has 0 saturated carbocycles. The van der Waals surface area contributed by atoms with Crippen molar-refractivity contribution < 1.29 is 18.9 Å². The Morgan fingerprint density at radius 2 is 1.87 bits per heavy atom. The summed E-state index contributed by atoms with van der Waals surface area (Å²) in [6.45, 7) is 4.08. The SMILES string of the molecule is Cc1cc(N2CCCC2)ccc1NC(=O)C1CC(=O)N(c2ccc(F)c([N+](=O)[O-])c2)C1. The summed E-state index contributed by atoms with van der Waals surface area (Å²) in [4.78, 5) is 39.0. The van der Waals surface area contributed by atoms with E-state index in [0.717, 1.165) is 36.5 Å². The van der Waals surface area contributed by atoms with E-state index in [2.05, 4.69) is 10.2 Å². The van der Waals surface area contributed by atoms with Crippen LogP contribution >= 0.6 is 0 Å². The highest BCUT2D eigenvalue weighted by Crippen LogP contribution is 2.31. The standard InChI is InChI=1S/C22H23FN4O4/c1-14-10-16(25-8-2-3-9-25)5-7-19(14)24-22(29)15-11-21(28)26(13-15)17-4-6-18(23)20(12-17)27(30)31/h4-7,10,12,15H,2-3,8-9,11,13H2,1H3,(H,24,29). The number of amides is 2. The number of nitro groups is 1. The van der Waals surface area contributed by atoms with Crippen LogP contribution in [-0.4, -0.2) is 36.4 Å². The molecule has 2 heterocycles. The lowest BCUT2D eigenvalue weighted by Crippen LogP contribution is -2.28. The number of hydrogen-bond acceptors (Lipinski definition) is 5. The van der Waals surface area contributed by atoms with Crippen molar-refractivity contribution in [2.45, 2.75) is 26.2 Å². The number of nitrogens with one attached hydrogen (secondary N) is 1. The van der Waals surface area contributed by atoms with Crippen molar-refractivity contribution in [1.82, 2.24) is 0 Å². The highest BCUT2D eigenvalue weighted by atomic mass is 19.1. The monoisotopic (exact) mass is 426 g/mol. The maximum atomic E-state index is 13.6. The van der Waals surface area contributed by atoms with E-state index in [1.54, 1.807) is 0 Å². The van der Waals surface area contributed by atoms with Gasteiger partial charge >= 0.3 is 5.69 Å². The Labute approximate surface area is 178 Å². The molecule has 2 aromatic rings. The van der Waals surface area contributed by atoms with E-state index in [4.69, 9.17) is 0 Å². The summed E-state index contributed by atoms with van der Waals surface area (Å²) in [5, 5.41) is 13.9. The van der Waals surface area contributed by atoms with Crippen molar-refractivity contribution in [1.29, 1.82) is 0 Å². The molecule has 4 rings (SSSR count). The zero-order chi connectivity index (χ0) is 22.1. The fraction of sp³-hybridized carbons (Fsp3) is 0.364. The van der Waals surface area contributed by atoms with Crippen molar-refractivity contribution in [3.8, 4) is 0 Å². The molecule has 9 heteroatoms. The van der Waals surface area contributed by atoms with Crippen LogP contribution in [0.1, 0.15) is 24.8 Å². The van der Waals surface area contributed by atoms with Crippen LogP contribution in [0.5, 0.6) is 0 Å². The molecule has 8 nitrogen and oxygen atoms in total. The van der Waals surface area contributed by atoms with Crippen LogP contribution in [0, 0.1) is 28.8 Å². The van der Waals surface area contributed by atoms with Gasteiger partial charge in [0.15, 0.2) is 0 Å². The van der Waals surface area contributed by atoms with Crippen LogP contribution in [0.2, 0.25) is 0 Å². The summed E-state index contributed by atoms with van der Waals surface area (Å²) in [5.41, 5.74) is 2.27. The second-order valence-electron chi connectivity index (χ2n) is 7.98. The Bertz CT molecular complexity index is 1050. The summed E-state index contributed by atoms with van der Waals surface area (Å²) >= 11 is 0. The van der Waals surface area contributed by atoms with Crippen LogP contribution in [0.25, 0.3) is 0 Å². The number of aryl methyl sites for hydroxylation is 1. The van der Waals surface area contributed by atoms with Crippen LogP contribution in [0.3, 0.4) is 0 Å². The summed E-state index contributed by atoms with van der Waals surface area (Å²) in [7, 11) is 0. The zero-order valence-corrected chi connectivity index (χ0v) is 17.1.